The first kappa shape index (κ1) is 16.3. The van der Waals surface area contributed by atoms with Gasteiger partial charge in [0.25, 0.3) is 5.91 Å². The van der Waals surface area contributed by atoms with Crippen LogP contribution in [0.15, 0.2) is 78.9 Å². The summed E-state index contributed by atoms with van der Waals surface area (Å²) in [5.41, 5.74) is 7.55. The van der Waals surface area contributed by atoms with Crippen molar-refractivity contribution in [1.82, 2.24) is 5.43 Å². The highest BCUT2D eigenvalue weighted by Crippen LogP contribution is 2.27. The Morgan fingerprint density at radius 3 is 1.84 bits per heavy atom. The summed E-state index contributed by atoms with van der Waals surface area (Å²) in [6.45, 7) is 0. The third kappa shape index (κ3) is 3.67. The van der Waals surface area contributed by atoms with Crippen molar-refractivity contribution in [3.63, 3.8) is 0 Å². The van der Waals surface area contributed by atoms with Gasteiger partial charge < -0.3 is 9.90 Å². The van der Waals surface area contributed by atoms with Crippen LogP contribution >= 0.6 is 0 Å². The maximum atomic E-state index is 12.6. The number of para-hydroxylation sites is 1. The molecule has 0 aromatic heterocycles. The van der Waals surface area contributed by atoms with E-state index in [-0.39, 0.29) is 11.5 Å². The maximum absolute atomic E-state index is 12.6. The lowest BCUT2D eigenvalue weighted by Gasteiger charge is -2.15. The van der Waals surface area contributed by atoms with E-state index in [0.717, 1.165) is 5.69 Å². The number of amides is 1. The summed E-state index contributed by atoms with van der Waals surface area (Å²) >= 11 is 0. The van der Waals surface area contributed by atoms with Crippen LogP contribution in [-0.4, -0.2) is 11.9 Å². The smallest absolute Gasteiger partial charge is 0.270 e. The van der Waals surface area contributed by atoms with E-state index in [9.17, 15) is 14.7 Å². The second-order valence-electron chi connectivity index (χ2n) is 5.32. The summed E-state index contributed by atoms with van der Waals surface area (Å²) in [4.78, 5) is 23.9. The molecule has 0 heterocycles. The number of anilines is 1. The molecule has 2 N–H and O–H groups in total. The second-order valence-corrected chi connectivity index (χ2v) is 5.32. The minimum Gasteiger partial charge on any atom is -0.545 e. The predicted molar refractivity (Wildman–Crippen MR) is 93.7 cm³/mol. The monoisotopic (exact) mass is 331 g/mol. The standard InChI is InChI=1S/C20H16N2O3/c23-19(22-21-14-8-2-1-3-9-14)17-12-6-4-10-15(17)16-11-5-7-13-18(16)20(24)25/h1-13,21H,(H,22,23)(H,24,25)/p-1. The number of carboxylic acids is 1. The van der Waals surface area contributed by atoms with E-state index in [1.54, 1.807) is 42.5 Å². The quantitative estimate of drug-likeness (QED) is 0.704. The fourth-order valence-electron chi connectivity index (χ4n) is 2.53. The van der Waals surface area contributed by atoms with Crippen molar-refractivity contribution < 1.29 is 14.7 Å². The summed E-state index contributed by atoms with van der Waals surface area (Å²) in [6.07, 6.45) is 0. The second kappa shape index (κ2) is 7.31. The van der Waals surface area contributed by atoms with Crippen LogP contribution in [0, 0.1) is 0 Å². The molecule has 3 rings (SSSR count). The van der Waals surface area contributed by atoms with Crippen LogP contribution in [-0.2, 0) is 0 Å². The number of benzene rings is 3. The molecule has 0 saturated carbocycles. The first-order valence-electron chi connectivity index (χ1n) is 7.68. The first-order chi connectivity index (χ1) is 12.2. The fourth-order valence-corrected chi connectivity index (χ4v) is 2.53. The summed E-state index contributed by atoms with van der Waals surface area (Å²) in [6, 6.07) is 22.5. The van der Waals surface area contributed by atoms with Gasteiger partial charge in [0.1, 0.15) is 0 Å². The number of nitrogens with one attached hydrogen (secondary N) is 2. The summed E-state index contributed by atoms with van der Waals surface area (Å²) in [5.74, 6) is -1.65. The maximum Gasteiger partial charge on any atom is 0.270 e. The van der Waals surface area contributed by atoms with Crippen LogP contribution < -0.4 is 16.0 Å². The van der Waals surface area contributed by atoms with Crippen molar-refractivity contribution in [2.24, 2.45) is 0 Å². The lowest BCUT2D eigenvalue weighted by molar-refractivity contribution is -0.254. The van der Waals surface area contributed by atoms with Crippen molar-refractivity contribution in [2.75, 3.05) is 5.43 Å². The van der Waals surface area contributed by atoms with Gasteiger partial charge in [-0.05, 0) is 29.3 Å². The predicted octanol–water partition coefficient (Wildman–Crippen LogP) is 2.47. The summed E-state index contributed by atoms with van der Waals surface area (Å²) in [5, 5.41) is 11.4. The lowest BCUT2D eigenvalue weighted by Crippen LogP contribution is -2.30. The highest BCUT2D eigenvalue weighted by atomic mass is 16.4. The molecule has 1 amide bonds. The molecule has 0 radical (unpaired) electrons. The Hall–Kier alpha value is -3.60. The largest absolute Gasteiger partial charge is 0.545 e. The van der Waals surface area contributed by atoms with E-state index in [2.05, 4.69) is 10.9 Å². The van der Waals surface area contributed by atoms with Gasteiger partial charge in [-0.25, -0.2) is 0 Å². The summed E-state index contributed by atoms with van der Waals surface area (Å²) in [7, 11) is 0. The van der Waals surface area contributed by atoms with Gasteiger partial charge in [-0.1, -0.05) is 60.7 Å². The molecule has 0 aliphatic rings. The molecule has 25 heavy (non-hydrogen) atoms. The Morgan fingerprint density at radius 2 is 1.20 bits per heavy atom. The van der Waals surface area contributed by atoms with Gasteiger partial charge in [-0.2, -0.15) is 0 Å². The van der Waals surface area contributed by atoms with Gasteiger partial charge in [-0.15, -0.1) is 0 Å². The fraction of sp³-hybridized carbons (Fsp3) is 0. The number of hydrogen-bond acceptors (Lipinski definition) is 4. The number of carbonyl (C=O) groups is 2. The molecular weight excluding hydrogens is 316 g/mol. The van der Waals surface area contributed by atoms with Crippen LogP contribution in [0.1, 0.15) is 20.7 Å². The Morgan fingerprint density at radius 1 is 0.680 bits per heavy atom. The zero-order chi connectivity index (χ0) is 17.6. The molecule has 3 aromatic carbocycles. The molecule has 0 bridgehead atoms. The molecule has 5 heteroatoms. The van der Waals surface area contributed by atoms with Gasteiger partial charge in [0.05, 0.1) is 11.7 Å². The molecular formula is C20H15N2O3-. The molecule has 0 aliphatic heterocycles. The zero-order valence-corrected chi connectivity index (χ0v) is 13.2. The SMILES string of the molecule is O=C([O-])c1ccccc1-c1ccccc1C(=O)NNc1ccccc1. The third-order valence-corrected chi connectivity index (χ3v) is 3.70. The van der Waals surface area contributed by atoms with Gasteiger partial charge in [0, 0.05) is 11.1 Å². The van der Waals surface area contributed by atoms with Gasteiger partial charge >= 0.3 is 0 Å². The van der Waals surface area contributed by atoms with Crippen molar-refractivity contribution in [1.29, 1.82) is 0 Å². The van der Waals surface area contributed by atoms with Crippen LogP contribution in [0.3, 0.4) is 0 Å². The van der Waals surface area contributed by atoms with Crippen molar-refractivity contribution in [3.05, 3.63) is 90.0 Å². The molecule has 0 spiro atoms. The number of rotatable bonds is 5. The molecule has 0 unspecified atom stereocenters. The van der Waals surface area contributed by atoms with E-state index >= 15 is 0 Å². The Labute approximate surface area is 144 Å². The van der Waals surface area contributed by atoms with E-state index in [0.29, 0.717) is 16.7 Å². The van der Waals surface area contributed by atoms with Crippen LogP contribution in [0.2, 0.25) is 0 Å². The first-order valence-corrected chi connectivity index (χ1v) is 7.68. The van der Waals surface area contributed by atoms with Gasteiger partial charge in [0.15, 0.2) is 0 Å². The summed E-state index contributed by atoms with van der Waals surface area (Å²) < 4.78 is 0. The average molecular weight is 331 g/mol. The Balaban J connectivity index is 1.91. The van der Waals surface area contributed by atoms with Gasteiger partial charge in [0.2, 0.25) is 0 Å². The number of aromatic carboxylic acids is 1. The van der Waals surface area contributed by atoms with E-state index in [1.807, 2.05) is 30.3 Å². The number of carboxylic acid groups (broad SMARTS) is 1. The number of hydrazine groups is 1. The van der Waals surface area contributed by atoms with E-state index < -0.39 is 5.97 Å². The van der Waals surface area contributed by atoms with Crippen LogP contribution in [0.5, 0.6) is 0 Å². The van der Waals surface area contributed by atoms with Crippen LogP contribution in [0.4, 0.5) is 5.69 Å². The minimum absolute atomic E-state index is 0.0405. The Bertz CT molecular complexity index is 908. The molecule has 124 valence electrons. The molecule has 0 aliphatic carbocycles. The molecule has 0 fully saturated rings. The molecule has 3 aromatic rings. The highest BCUT2D eigenvalue weighted by Gasteiger charge is 2.14. The Kier molecular flexibility index (Phi) is 4.76. The zero-order valence-electron chi connectivity index (χ0n) is 13.2. The highest BCUT2D eigenvalue weighted by molar-refractivity contribution is 6.04. The lowest BCUT2D eigenvalue weighted by atomic mass is 9.95. The normalized spacial score (nSPS) is 10.1. The van der Waals surface area contributed by atoms with Crippen molar-refractivity contribution >= 4 is 17.6 Å². The van der Waals surface area contributed by atoms with E-state index in [1.165, 1.54) is 6.07 Å². The molecule has 0 saturated heterocycles. The van der Waals surface area contributed by atoms with Crippen molar-refractivity contribution in [2.45, 2.75) is 0 Å². The average Bonchev–Trinajstić information content (AvgIpc) is 2.67. The number of carbonyl (C=O) groups excluding carboxylic acids is 2. The topological polar surface area (TPSA) is 81.3 Å². The van der Waals surface area contributed by atoms with E-state index in [4.69, 9.17) is 0 Å². The minimum atomic E-state index is -1.28. The van der Waals surface area contributed by atoms with Gasteiger partial charge in [-0.3, -0.25) is 15.6 Å². The molecule has 5 nitrogen and oxygen atoms in total. The van der Waals surface area contributed by atoms with Crippen LogP contribution in [0.25, 0.3) is 11.1 Å². The van der Waals surface area contributed by atoms with Crippen molar-refractivity contribution in [3.8, 4) is 11.1 Å². The number of hydrogen-bond donors (Lipinski definition) is 2. The third-order valence-electron chi connectivity index (χ3n) is 3.70. The molecule has 0 atom stereocenters.